The molecular formula is C22H30N2O3. The molecule has 1 unspecified atom stereocenters. The zero-order valence-electron chi connectivity index (χ0n) is 16.6. The molecule has 0 bridgehead atoms. The summed E-state index contributed by atoms with van der Waals surface area (Å²) in [4.78, 5) is 20.6. The maximum Gasteiger partial charge on any atom is 0.341 e. The van der Waals surface area contributed by atoms with E-state index in [1.807, 2.05) is 19.1 Å². The van der Waals surface area contributed by atoms with E-state index < -0.39 is 5.97 Å². The molecule has 0 aliphatic rings. The number of benzene rings is 1. The third kappa shape index (κ3) is 6.66. The van der Waals surface area contributed by atoms with Crippen molar-refractivity contribution in [3.8, 4) is 6.01 Å². The summed E-state index contributed by atoms with van der Waals surface area (Å²) < 4.78 is 11.1. The molecule has 1 heterocycles. The number of carbonyl (C=O) groups is 1. The van der Waals surface area contributed by atoms with Gasteiger partial charge in [-0.1, -0.05) is 64.3 Å². The van der Waals surface area contributed by atoms with Gasteiger partial charge in [-0.05, 0) is 30.4 Å². The molecular weight excluding hydrogens is 340 g/mol. The Labute approximate surface area is 162 Å². The van der Waals surface area contributed by atoms with Crippen molar-refractivity contribution in [2.75, 3.05) is 6.61 Å². The van der Waals surface area contributed by atoms with Crippen LogP contribution >= 0.6 is 0 Å². The van der Waals surface area contributed by atoms with Crippen LogP contribution in [0.15, 0.2) is 36.7 Å². The maximum atomic E-state index is 12.4. The highest BCUT2D eigenvalue weighted by Crippen LogP contribution is 2.23. The van der Waals surface area contributed by atoms with Crippen LogP contribution in [0.3, 0.4) is 0 Å². The number of esters is 1. The lowest BCUT2D eigenvalue weighted by Crippen LogP contribution is -2.12. The fraction of sp³-hybridized carbons (Fsp3) is 0.500. The molecule has 2 aromatic rings. The molecule has 0 aliphatic carbocycles. The van der Waals surface area contributed by atoms with Gasteiger partial charge in [0.2, 0.25) is 0 Å². The average molecular weight is 370 g/mol. The number of carbonyl (C=O) groups excluding carboxylic acids is 1. The summed E-state index contributed by atoms with van der Waals surface area (Å²) in [5.41, 5.74) is 2.63. The van der Waals surface area contributed by atoms with Crippen molar-refractivity contribution >= 4 is 5.97 Å². The minimum atomic E-state index is -0.419. The molecule has 5 nitrogen and oxygen atoms in total. The number of rotatable bonds is 11. The summed E-state index contributed by atoms with van der Waals surface area (Å²) in [5, 5.41) is 0. The Bertz CT molecular complexity index is 684. The van der Waals surface area contributed by atoms with Crippen LogP contribution in [0, 0.1) is 0 Å². The molecule has 1 atom stereocenters. The monoisotopic (exact) mass is 370 g/mol. The van der Waals surface area contributed by atoms with E-state index in [4.69, 9.17) is 9.47 Å². The first-order chi connectivity index (χ1) is 13.2. The Hall–Kier alpha value is -2.43. The first-order valence-electron chi connectivity index (χ1n) is 9.92. The normalized spacial score (nSPS) is 11.8. The van der Waals surface area contributed by atoms with Crippen molar-refractivity contribution in [1.82, 2.24) is 9.97 Å². The van der Waals surface area contributed by atoms with E-state index in [9.17, 15) is 4.79 Å². The van der Waals surface area contributed by atoms with Crippen LogP contribution < -0.4 is 4.74 Å². The van der Waals surface area contributed by atoms with Crippen LogP contribution in [0.1, 0.15) is 80.5 Å². The molecule has 1 aromatic carbocycles. The Morgan fingerprint density at radius 3 is 2.30 bits per heavy atom. The molecule has 27 heavy (non-hydrogen) atoms. The van der Waals surface area contributed by atoms with Gasteiger partial charge in [-0.25, -0.2) is 14.8 Å². The summed E-state index contributed by atoms with van der Waals surface area (Å²) in [6, 6.07) is 8.57. The largest absolute Gasteiger partial charge is 0.463 e. The lowest BCUT2D eigenvalue weighted by Gasteiger charge is -2.17. The Kier molecular flexibility index (Phi) is 8.75. The summed E-state index contributed by atoms with van der Waals surface area (Å²) in [7, 11) is 0. The van der Waals surface area contributed by atoms with Gasteiger partial charge in [-0.15, -0.1) is 0 Å². The van der Waals surface area contributed by atoms with E-state index in [-0.39, 0.29) is 6.10 Å². The molecule has 0 aliphatic heterocycles. The lowest BCUT2D eigenvalue weighted by atomic mass is 10.0. The SMILES string of the molecule is CCCCCOc1ncc(C(=O)OC(CC)c2ccc(CCC)cc2)cn1. The first kappa shape index (κ1) is 20.9. The Balaban J connectivity index is 1.93. The highest BCUT2D eigenvalue weighted by molar-refractivity contribution is 5.88. The average Bonchev–Trinajstić information content (AvgIpc) is 2.70. The molecule has 146 valence electrons. The molecule has 0 amide bonds. The summed E-state index contributed by atoms with van der Waals surface area (Å²) in [6.07, 6.45) is 8.74. The second kappa shape index (κ2) is 11.3. The van der Waals surface area contributed by atoms with Gasteiger partial charge < -0.3 is 9.47 Å². The van der Waals surface area contributed by atoms with Gasteiger partial charge in [0, 0.05) is 12.4 Å². The van der Waals surface area contributed by atoms with Crippen LogP contribution in [0.5, 0.6) is 6.01 Å². The molecule has 0 fully saturated rings. The molecule has 5 heteroatoms. The van der Waals surface area contributed by atoms with E-state index in [0.717, 1.165) is 37.7 Å². The minimum Gasteiger partial charge on any atom is -0.463 e. The zero-order valence-corrected chi connectivity index (χ0v) is 16.6. The van der Waals surface area contributed by atoms with Crippen LogP contribution in [0.25, 0.3) is 0 Å². The minimum absolute atomic E-state index is 0.279. The smallest absolute Gasteiger partial charge is 0.341 e. The number of nitrogens with zero attached hydrogens (tertiary/aromatic N) is 2. The third-order valence-corrected chi connectivity index (χ3v) is 4.35. The van der Waals surface area contributed by atoms with E-state index in [2.05, 4.69) is 35.9 Å². The molecule has 0 saturated carbocycles. The van der Waals surface area contributed by atoms with E-state index in [0.29, 0.717) is 24.6 Å². The van der Waals surface area contributed by atoms with E-state index >= 15 is 0 Å². The van der Waals surface area contributed by atoms with Gasteiger partial charge in [0.15, 0.2) is 0 Å². The van der Waals surface area contributed by atoms with Gasteiger partial charge in [0.25, 0.3) is 0 Å². The van der Waals surface area contributed by atoms with Crippen molar-refractivity contribution in [2.24, 2.45) is 0 Å². The van der Waals surface area contributed by atoms with Crippen molar-refractivity contribution < 1.29 is 14.3 Å². The van der Waals surface area contributed by atoms with Gasteiger partial charge in [0.05, 0.1) is 12.2 Å². The van der Waals surface area contributed by atoms with Gasteiger partial charge >= 0.3 is 12.0 Å². The predicted octanol–water partition coefficient (Wildman–Crippen LogP) is 5.31. The Morgan fingerprint density at radius 1 is 1.00 bits per heavy atom. The summed E-state index contributed by atoms with van der Waals surface area (Å²) >= 11 is 0. The quantitative estimate of drug-likeness (QED) is 0.396. The summed E-state index contributed by atoms with van der Waals surface area (Å²) in [5.74, 6) is -0.419. The van der Waals surface area contributed by atoms with Crippen LogP contribution in [0.2, 0.25) is 0 Å². The van der Waals surface area contributed by atoms with Crippen LogP contribution in [-0.2, 0) is 11.2 Å². The third-order valence-electron chi connectivity index (χ3n) is 4.35. The highest BCUT2D eigenvalue weighted by Gasteiger charge is 2.17. The summed E-state index contributed by atoms with van der Waals surface area (Å²) in [6.45, 7) is 6.89. The topological polar surface area (TPSA) is 61.3 Å². The second-order valence-corrected chi connectivity index (χ2v) is 6.60. The molecule has 0 spiro atoms. The van der Waals surface area contributed by atoms with Gasteiger partial charge in [-0.3, -0.25) is 0 Å². The second-order valence-electron chi connectivity index (χ2n) is 6.60. The van der Waals surface area contributed by atoms with E-state index in [1.54, 1.807) is 0 Å². The number of aromatic nitrogens is 2. The van der Waals surface area contributed by atoms with Gasteiger partial charge in [0.1, 0.15) is 6.10 Å². The number of hydrogen-bond acceptors (Lipinski definition) is 5. The number of ether oxygens (including phenoxy) is 2. The lowest BCUT2D eigenvalue weighted by molar-refractivity contribution is 0.0286. The van der Waals surface area contributed by atoms with Crippen LogP contribution in [0.4, 0.5) is 0 Å². The fourth-order valence-corrected chi connectivity index (χ4v) is 2.78. The molecule has 0 saturated heterocycles. The van der Waals surface area contributed by atoms with Crippen molar-refractivity contribution in [1.29, 1.82) is 0 Å². The number of aryl methyl sites for hydroxylation is 1. The number of unbranched alkanes of at least 4 members (excludes halogenated alkanes) is 2. The Morgan fingerprint density at radius 2 is 1.70 bits per heavy atom. The van der Waals surface area contributed by atoms with E-state index in [1.165, 1.54) is 18.0 Å². The molecule has 0 N–H and O–H groups in total. The highest BCUT2D eigenvalue weighted by atomic mass is 16.5. The standard InChI is InChI=1S/C22H30N2O3/c1-4-7-8-14-26-22-23-15-19(16-24-22)21(25)27-20(6-3)18-12-10-17(9-5-2)11-13-18/h10-13,15-16,20H,4-9,14H2,1-3H3. The van der Waals surface area contributed by atoms with Crippen molar-refractivity contribution in [3.05, 3.63) is 53.3 Å². The molecule has 1 aromatic heterocycles. The first-order valence-corrected chi connectivity index (χ1v) is 9.92. The maximum absolute atomic E-state index is 12.4. The molecule has 0 radical (unpaired) electrons. The molecule has 2 rings (SSSR count). The van der Waals surface area contributed by atoms with Crippen molar-refractivity contribution in [2.45, 2.75) is 65.4 Å². The predicted molar refractivity (Wildman–Crippen MR) is 106 cm³/mol. The van der Waals surface area contributed by atoms with Crippen molar-refractivity contribution in [3.63, 3.8) is 0 Å². The number of hydrogen-bond donors (Lipinski definition) is 0. The zero-order chi connectivity index (χ0) is 19.5. The van der Waals surface area contributed by atoms with Gasteiger partial charge in [-0.2, -0.15) is 0 Å². The fourth-order valence-electron chi connectivity index (χ4n) is 2.78. The van der Waals surface area contributed by atoms with Crippen LogP contribution in [-0.4, -0.2) is 22.5 Å².